The third kappa shape index (κ3) is 4.06. The highest BCUT2D eigenvalue weighted by Gasteiger charge is 2.62. The van der Waals surface area contributed by atoms with Crippen molar-refractivity contribution in [1.82, 2.24) is 34.4 Å². The van der Waals surface area contributed by atoms with E-state index in [0.717, 1.165) is 5.56 Å². The number of hydrogen-bond donors (Lipinski definition) is 2. The van der Waals surface area contributed by atoms with Gasteiger partial charge in [-0.2, -0.15) is 4.98 Å². The maximum Gasteiger partial charge on any atom is 0.349 e. The largest absolute Gasteiger partial charge is 0.382 e. The quantitative estimate of drug-likeness (QED) is 0.468. The minimum Gasteiger partial charge on any atom is -0.382 e. The molecule has 2 aliphatic rings. The molecule has 3 unspecified atom stereocenters. The number of aryl methyl sites for hydroxylation is 2. The molecule has 36 heavy (non-hydrogen) atoms. The molecular formula is C23H32N8O5. The first-order valence-corrected chi connectivity index (χ1v) is 11.8. The number of nitrogens with zero attached hydrogens (tertiary/aromatic N) is 6. The van der Waals surface area contributed by atoms with Gasteiger partial charge >= 0.3 is 5.69 Å². The Bertz CT molecular complexity index is 1350. The molecule has 0 bridgehead atoms. The molecule has 194 valence electrons. The zero-order valence-electron chi connectivity index (χ0n) is 21.3. The highest BCUT2D eigenvalue weighted by atomic mass is 16.8. The van der Waals surface area contributed by atoms with Gasteiger partial charge in [0.25, 0.3) is 0 Å². The van der Waals surface area contributed by atoms with E-state index in [1.54, 1.807) is 6.20 Å². The molecule has 5 rings (SSSR count). The normalized spacial score (nSPS) is 27.1. The van der Waals surface area contributed by atoms with Gasteiger partial charge in [-0.15, -0.1) is 0 Å². The number of fused-ring (bicyclic) bond motifs is 2. The summed E-state index contributed by atoms with van der Waals surface area (Å²) in [5.74, 6) is 0.205. The van der Waals surface area contributed by atoms with Gasteiger partial charge in [-0.05, 0) is 34.6 Å². The van der Waals surface area contributed by atoms with Crippen molar-refractivity contribution in [2.45, 2.75) is 77.7 Å². The van der Waals surface area contributed by atoms with Crippen LogP contribution in [0.15, 0.2) is 17.3 Å². The van der Waals surface area contributed by atoms with E-state index in [1.807, 2.05) is 39.2 Å². The number of methoxy groups -OCH3 is 1. The first-order chi connectivity index (χ1) is 17.0. The SMILES string of the molecule is COCn1cc(CNCC2O[C@](C)(n3c(C)nc4c(N)ncnc43)C3OC(C)(C)OC23)c(C)nc1=O. The zero-order valence-corrected chi connectivity index (χ0v) is 21.3. The molecule has 2 saturated heterocycles. The lowest BCUT2D eigenvalue weighted by Gasteiger charge is -2.33. The summed E-state index contributed by atoms with van der Waals surface area (Å²) >= 11 is 0. The molecule has 2 fully saturated rings. The number of nitrogen functional groups attached to an aromatic ring is 1. The van der Waals surface area contributed by atoms with Crippen LogP contribution in [0.3, 0.4) is 0 Å². The van der Waals surface area contributed by atoms with Crippen molar-refractivity contribution in [3.05, 3.63) is 40.1 Å². The summed E-state index contributed by atoms with van der Waals surface area (Å²) in [4.78, 5) is 29.3. The summed E-state index contributed by atoms with van der Waals surface area (Å²) < 4.78 is 27.7. The van der Waals surface area contributed by atoms with Crippen molar-refractivity contribution in [2.24, 2.45) is 0 Å². The van der Waals surface area contributed by atoms with Crippen LogP contribution < -0.4 is 16.7 Å². The summed E-state index contributed by atoms with van der Waals surface area (Å²) in [7, 11) is 1.53. The van der Waals surface area contributed by atoms with Crippen molar-refractivity contribution < 1.29 is 18.9 Å². The van der Waals surface area contributed by atoms with Crippen molar-refractivity contribution in [2.75, 3.05) is 19.4 Å². The molecule has 0 aliphatic carbocycles. The highest BCUT2D eigenvalue weighted by molar-refractivity contribution is 5.82. The molecule has 0 aromatic carbocycles. The second-order valence-corrected chi connectivity index (χ2v) is 9.81. The summed E-state index contributed by atoms with van der Waals surface area (Å²) in [6.07, 6.45) is 2.08. The molecule has 0 amide bonds. The van der Waals surface area contributed by atoms with Gasteiger partial charge in [0.2, 0.25) is 0 Å². The van der Waals surface area contributed by atoms with E-state index in [1.165, 1.54) is 18.0 Å². The summed E-state index contributed by atoms with van der Waals surface area (Å²) in [6, 6.07) is 0. The Hall–Kier alpha value is -2.97. The average molecular weight is 501 g/mol. The molecule has 13 heteroatoms. The first-order valence-electron chi connectivity index (χ1n) is 11.8. The van der Waals surface area contributed by atoms with Crippen LogP contribution in [0.1, 0.15) is 37.9 Å². The molecule has 13 nitrogen and oxygen atoms in total. The number of aromatic nitrogens is 6. The Balaban J connectivity index is 1.41. The van der Waals surface area contributed by atoms with Crippen LogP contribution in [0.5, 0.6) is 0 Å². The monoisotopic (exact) mass is 500 g/mol. The topological polar surface area (TPSA) is 153 Å². The van der Waals surface area contributed by atoms with Gasteiger partial charge in [0.1, 0.15) is 37.2 Å². The lowest BCUT2D eigenvalue weighted by molar-refractivity contribution is -0.224. The van der Waals surface area contributed by atoms with Crippen molar-refractivity contribution in [1.29, 1.82) is 0 Å². The van der Waals surface area contributed by atoms with Crippen LogP contribution in [-0.4, -0.2) is 66.8 Å². The van der Waals surface area contributed by atoms with Gasteiger partial charge in [0.15, 0.2) is 28.5 Å². The van der Waals surface area contributed by atoms with E-state index in [-0.39, 0.29) is 24.6 Å². The Labute approximate surface area is 208 Å². The van der Waals surface area contributed by atoms with Crippen LogP contribution in [0.2, 0.25) is 0 Å². The standard InChI is InChI=1S/C23H32N8O5/c1-12-14(9-30(11-33-6)21(32)28-12)7-25-8-15-17-18(36-22(3,4)35-17)23(5,34-15)31-13(2)29-16-19(24)26-10-27-20(16)31/h9-10,15,17-18,25H,7-8,11H2,1-6H3,(H2,24,26,27)/t15?,17?,18?,23-/m0/s1. The van der Waals surface area contributed by atoms with E-state index >= 15 is 0 Å². The Morgan fingerprint density at radius 3 is 2.69 bits per heavy atom. The lowest BCUT2D eigenvalue weighted by Crippen LogP contribution is -2.44. The molecule has 0 saturated carbocycles. The minimum absolute atomic E-state index is 0.138. The van der Waals surface area contributed by atoms with Gasteiger partial charge in [0, 0.05) is 37.7 Å². The fourth-order valence-corrected chi connectivity index (χ4v) is 5.17. The number of anilines is 1. The molecule has 0 radical (unpaired) electrons. The van der Waals surface area contributed by atoms with E-state index in [2.05, 4.69) is 25.3 Å². The van der Waals surface area contributed by atoms with Gasteiger partial charge in [-0.1, -0.05) is 0 Å². The zero-order chi connectivity index (χ0) is 25.8. The molecule has 4 atom stereocenters. The smallest absolute Gasteiger partial charge is 0.349 e. The number of nitrogens with two attached hydrogens (primary N) is 1. The predicted molar refractivity (Wildman–Crippen MR) is 129 cm³/mol. The number of hydrogen-bond acceptors (Lipinski definition) is 11. The number of nitrogens with one attached hydrogen (secondary N) is 1. The van der Waals surface area contributed by atoms with Gasteiger partial charge in [-0.3, -0.25) is 9.13 Å². The average Bonchev–Trinajstić information content (AvgIpc) is 3.40. The molecule has 3 aromatic heterocycles. The molecule has 3 aromatic rings. The third-order valence-electron chi connectivity index (χ3n) is 6.71. The summed E-state index contributed by atoms with van der Waals surface area (Å²) in [5, 5.41) is 3.43. The lowest BCUT2D eigenvalue weighted by atomic mass is 10.0. The van der Waals surface area contributed by atoms with Crippen LogP contribution in [0, 0.1) is 13.8 Å². The van der Waals surface area contributed by atoms with Crippen LogP contribution in [0.4, 0.5) is 5.82 Å². The maximum absolute atomic E-state index is 12.1. The third-order valence-corrected chi connectivity index (χ3v) is 6.71. The molecule has 2 aliphatic heterocycles. The molecule has 0 spiro atoms. The Kier molecular flexibility index (Phi) is 6.08. The summed E-state index contributed by atoms with van der Waals surface area (Å²) in [6.45, 7) is 10.5. The van der Waals surface area contributed by atoms with Crippen LogP contribution in [-0.2, 0) is 37.9 Å². The van der Waals surface area contributed by atoms with Crippen LogP contribution >= 0.6 is 0 Å². The van der Waals surface area contributed by atoms with E-state index in [4.69, 9.17) is 24.7 Å². The Morgan fingerprint density at radius 2 is 1.94 bits per heavy atom. The fourth-order valence-electron chi connectivity index (χ4n) is 5.17. The second kappa shape index (κ2) is 8.85. The Morgan fingerprint density at radius 1 is 1.17 bits per heavy atom. The number of rotatable bonds is 7. The summed E-state index contributed by atoms with van der Waals surface area (Å²) in [5.41, 5.74) is 7.41. The number of imidazole rings is 1. The second-order valence-electron chi connectivity index (χ2n) is 9.81. The molecule has 3 N–H and O–H groups in total. The minimum atomic E-state index is -0.951. The molecular weight excluding hydrogens is 468 g/mol. The first kappa shape index (κ1) is 24.7. The predicted octanol–water partition coefficient (Wildman–Crippen LogP) is 0.567. The van der Waals surface area contributed by atoms with Gasteiger partial charge < -0.3 is 30.0 Å². The highest BCUT2D eigenvalue weighted by Crippen LogP contribution is 2.47. The maximum atomic E-state index is 12.1. The number of ether oxygens (including phenoxy) is 4. The van der Waals surface area contributed by atoms with Gasteiger partial charge in [0.05, 0.1) is 0 Å². The van der Waals surface area contributed by atoms with E-state index in [0.29, 0.717) is 41.6 Å². The van der Waals surface area contributed by atoms with Crippen molar-refractivity contribution >= 4 is 17.0 Å². The van der Waals surface area contributed by atoms with Crippen LogP contribution in [0.25, 0.3) is 11.2 Å². The van der Waals surface area contributed by atoms with Gasteiger partial charge in [-0.25, -0.2) is 19.7 Å². The fraction of sp³-hybridized carbons (Fsp3) is 0.609. The van der Waals surface area contributed by atoms with E-state index in [9.17, 15) is 4.79 Å². The van der Waals surface area contributed by atoms with Crippen molar-refractivity contribution in [3.63, 3.8) is 0 Å². The molecule has 5 heterocycles. The van der Waals surface area contributed by atoms with Crippen molar-refractivity contribution in [3.8, 4) is 0 Å². The van der Waals surface area contributed by atoms with E-state index < -0.39 is 17.6 Å².